The number of halogens is 1. The monoisotopic (exact) mass is 325 g/mol. The van der Waals surface area contributed by atoms with Gasteiger partial charge in [0.1, 0.15) is 0 Å². The molecule has 0 spiro atoms. The van der Waals surface area contributed by atoms with Gasteiger partial charge in [0.05, 0.1) is 6.61 Å². The fourth-order valence-corrected chi connectivity index (χ4v) is 3.42. The summed E-state index contributed by atoms with van der Waals surface area (Å²) in [7, 11) is 0. The van der Waals surface area contributed by atoms with Gasteiger partial charge < -0.3 is 10.0 Å². The average molecular weight is 326 g/mol. The molecule has 0 bridgehead atoms. The summed E-state index contributed by atoms with van der Waals surface area (Å²) in [5.74, 6) is 0.635. The second-order valence-electron chi connectivity index (χ2n) is 5.92. The molecule has 0 heterocycles. The first-order valence-corrected chi connectivity index (χ1v) is 8.07. The van der Waals surface area contributed by atoms with Crippen LogP contribution in [-0.2, 0) is 6.61 Å². The van der Waals surface area contributed by atoms with E-state index >= 15 is 0 Å². The Morgan fingerprint density at radius 1 is 1.32 bits per heavy atom. The van der Waals surface area contributed by atoms with E-state index in [1.807, 2.05) is 6.07 Å². The van der Waals surface area contributed by atoms with Crippen molar-refractivity contribution in [3.8, 4) is 0 Å². The lowest BCUT2D eigenvalue weighted by atomic mass is 10.1. The Hall–Kier alpha value is -0.540. The molecule has 1 N–H and O–H groups in total. The summed E-state index contributed by atoms with van der Waals surface area (Å²) in [5, 5.41) is 9.62. The molecule has 1 fully saturated rings. The molecule has 0 saturated heterocycles. The van der Waals surface area contributed by atoms with Crippen LogP contribution < -0.4 is 4.90 Å². The van der Waals surface area contributed by atoms with Crippen LogP contribution in [0.15, 0.2) is 22.7 Å². The minimum Gasteiger partial charge on any atom is -0.392 e. The zero-order valence-electron chi connectivity index (χ0n) is 11.9. The van der Waals surface area contributed by atoms with Gasteiger partial charge in [-0.05, 0) is 37.0 Å². The number of hydrogen-bond donors (Lipinski definition) is 1. The molecule has 1 aliphatic rings. The highest BCUT2D eigenvalue weighted by Gasteiger charge is 2.24. The molecule has 0 radical (unpaired) electrons. The quantitative estimate of drug-likeness (QED) is 0.870. The lowest BCUT2D eigenvalue weighted by molar-refractivity contribution is 0.281. The fourth-order valence-electron chi connectivity index (χ4n) is 3.01. The van der Waals surface area contributed by atoms with Crippen LogP contribution in [0.5, 0.6) is 0 Å². The molecular weight excluding hydrogens is 302 g/mol. The number of aliphatic hydroxyl groups is 1. The van der Waals surface area contributed by atoms with E-state index in [1.54, 1.807) is 0 Å². The lowest BCUT2D eigenvalue weighted by Gasteiger charge is -2.34. The zero-order valence-corrected chi connectivity index (χ0v) is 13.5. The van der Waals surface area contributed by atoms with Crippen LogP contribution >= 0.6 is 15.9 Å². The molecular formula is C16H24BrNO. The van der Waals surface area contributed by atoms with E-state index < -0.39 is 0 Å². The summed E-state index contributed by atoms with van der Waals surface area (Å²) >= 11 is 3.49. The van der Waals surface area contributed by atoms with Gasteiger partial charge in [-0.3, -0.25) is 0 Å². The molecule has 0 unspecified atom stereocenters. The normalized spacial score (nSPS) is 16.3. The summed E-state index contributed by atoms with van der Waals surface area (Å²) in [6.45, 7) is 5.70. The molecule has 1 aliphatic carbocycles. The van der Waals surface area contributed by atoms with Crippen molar-refractivity contribution in [2.75, 3.05) is 11.4 Å². The summed E-state index contributed by atoms with van der Waals surface area (Å²) in [5.41, 5.74) is 2.24. The van der Waals surface area contributed by atoms with E-state index in [2.05, 4.69) is 46.8 Å². The van der Waals surface area contributed by atoms with Crippen LogP contribution in [0.3, 0.4) is 0 Å². The van der Waals surface area contributed by atoms with Crippen molar-refractivity contribution in [3.63, 3.8) is 0 Å². The van der Waals surface area contributed by atoms with Gasteiger partial charge in [-0.1, -0.05) is 42.6 Å². The van der Waals surface area contributed by atoms with Crippen molar-refractivity contribution in [2.45, 2.75) is 52.2 Å². The number of aliphatic hydroxyl groups excluding tert-OH is 1. The number of hydrogen-bond acceptors (Lipinski definition) is 2. The second kappa shape index (κ2) is 6.76. The summed E-state index contributed by atoms with van der Waals surface area (Å²) < 4.78 is 1.04. The Balaban J connectivity index is 2.30. The molecule has 1 saturated carbocycles. The maximum Gasteiger partial charge on any atom is 0.0702 e. The van der Waals surface area contributed by atoms with E-state index in [0.717, 1.165) is 16.6 Å². The topological polar surface area (TPSA) is 23.5 Å². The molecule has 0 aromatic heterocycles. The summed E-state index contributed by atoms with van der Waals surface area (Å²) in [4.78, 5) is 2.52. The minimum absolute atomic E-state index is 0.107. The van der Waals surface area contributed by atoms with Gasteiger partial charge in [0.15, 0.2) is 0 Å². The molecule has 3 heteroatoms. The number of anilines is 1. The maximum absolute atomic E-state index is 9.62. The van der Waals surface area contributed by atoms with Crippen molar-refractivity contribution in [1.29, 1.82) is 0 Å². The van der Waals surface area contributed by atoms with Gasteiger partial charge in [0.2, 0.25) is 0 Å². The van der Waals surface area contributed by atoms with Crippen LogP contribution in [-0.4, -0.2) is 17.7 Å². The third-order valence-electron chi connectivity index (χ3n) is 3.85. The van der Waals surface area contributed by atoms with Crippen molar-refractivity contribution < 1.29 is 5.11 Å². The smallest absolute Gasteiger partial charge is 0.0702 e. The van der Waals surface area contributed by atoms with E-state index in [9.17, 15) is 5.11 Å². The highest BCUT2D eigenvalue weighted by Crippen LogP contribution is 2.32. The van der Waals surface area contributed by atoms with Gasteiger partial charge in [0, 0.05) is 28.3 Å². The van der Waals surface area contributed by atoms with Crippen molar-refractivity contribution in [3.05, 3.63) is 28.2 Å². The molecule has 0 aliphatic heterocycles. The number of rotatable bonds is 5. The van der Waals surface area contributed by atoms with Crippen LogP contribution in [0.1, 0.15) is 45.1 Å². The highest BCUT2D eigenvalue weighted by molar-refractivity contribution is 9.10. The Morgan fingerprint density at radius 2 is 2.00 bits per heavy atom. The van der Waals surface area contributed by atoms with Crippen LogP contribution in [0.2, 0.25) is 0 Å². The summed E-state index contributed by atoms with van der Waals surface area (Å²) in [6.07, 6.45) is 5.25. The highest BCUT2D eigenvalue weighted by atomic mass is 79.9. The lowest BCUT2D eigenvalue weighted by Crippen LogP contribution is -2.37. The molecule has 2 rings (SSSR count). The molecule has 1 aromatic carbocycles. The third-order valence-corrected chi connectivity index (χ3v) is 4.34. The first kappa shape index (κ1) is 14.9. The summed E-state index contributed by atoms with van der Waals surface area (Å²) in [6, 6.07) is 6.92. The van der Waals surface area contributed by atoms with E-state index in [0.29, 0.717) is 12.0 Å². The van der Waals surface area contributed by atoms with E-state index in [1.165, 1.54) is 31.4 Å². The predicted molar refractivity (Wildman–Crippen MR) is 84.5 cm³/mol. The van der Waals surface area contributed by atoms with Gasteiger partial charge in [-0.15, -0.1) is 0 Å². The maximum atomic E-state index is 9.62. The molecule has 19 heavy (non-hydrogen) atoms. The standard InChI is InChI=1S/C16H24BrNO/c1-12(2)10-18(15-5-3-4-6-15)16-8-7-14(17)9-13(16)11-19/h7-9,12,15,19H,3-6,10-11H2,1-2H3. The van der Waals surface area contributed by atoms with Gasteiger partial charge in [-0.25, -0.2) is 0 Å². The van der Waals surface area contributed by atoms with Gasteiger partial charge in [-0.2, -0.15) is 0 Å². The molecule has 0 atom stereocenters. The molecule has 1 aromatic rings. The van der Waals surface area contributed by atoms with E-state index in [-0.39, 0.29) is 6.61 Å². The van der Waals surface area contributed by atoms with Gasteiger partial charge in [0.25, 0.3) is 0 Å². The minimum atomic E-state index is 0.107. The molecule has 2 nitrogen and oxygen atoms in total. The van der Waals surface area contributed by atoms with Crippen LogP contribution in [0.4, 0.5) is 5.69 Å². The molecule has 106 valence electrons. The first-order chi connectivity index (χ1) is 9.11. The van der Waals surface area contributed by atoms with Crippen molar-refractivity contribution in [2.24, 2.45) is 5.92 Å². The Labute approximate surface area is 124 Å². The Bertz CT molecular complexity index is 413. The van der Waals surface area contributed by atoms with Gasteiger partial charge >= 0.3 is 0 Å². The van der Waals surface area contributed by atoms with Crippen molar-refractivity contribution in [1.82, 2.24) is 0 Å². The van der Waals surface area contributed by atoms with E-state index in [4.69, 9.17) is 0 Å². The largest absolute Gasteiger partial charge is 0.392 e. The number of nitrogens with zero attached hydrogens (tertiary/aromatic N) is 1. The second-order valence-corrected chi connectivity index (χ2v) is 6.83. The third kappa shape index (κ3) is 3.73. The number of benzene rings is 1. The molecule has 0 amide bonds. The predicted octanol–water partition coefficient (Wildman–Crippen LogP) is 4.35. The van der Waals surface area contributed by atoms with Crippen LogP contribution in [0.25, 0.3) is 0 Å². The van der Waals surface area contributed by atoms with Crippen molar-refractivity contribution >= 4 is 21.6 Å². The Kier molecular flexibility index (Phi) is 5.28. The average Bonchev–Trinajstić information content (AvgIpc) is 2.89. The fraction of sp³-hybridized carbons (Fsp3) is 0.625. The first-order valence-electron chi connectivity index (χ1n) is 7.27. The van der Waals surface area contributed by atoms with Crippen LogP contribution in [0, 0.1) is 5.92 Å². The SMILES string of the molecule is CC(C)CN(c1ccc(Br)cc1CO)C1CCCC1. The Morgan fingerprint density at radius 3 is 2.58 bits per heavy atom. The zero-order chi connectivity index (χ0) is 13.8.